The lowest BCUT2D eigenvalue weighted by molar-refractivity contribution is -0.141. The Labute approximate surface area is 175 Å². The number of benzene rings is 1. The van der Waals surface area contributed by atoms with Gasteiger partial charge in [0.2, 0.25) is 17.7 Å². The van der Waals surface area contributed by atoms with Crippen molar-refractivity contribution in [3.63, 3.8) is 0 Å². The molecule has 2 aromatic rings. The van der Waals surface area contributed by atoms with Gasteiger partial charge in [0.05, 0.1) is 12.7 Å². The number of aromatic nitrogens is 1. The molecule has 2 saturated heterocycles. The molecule has 0 bridgehead atoms. The molecule has 154 valence electrons. The third-order valence-electron chi connectivity index (χ3n) is 5.72. The first-order valence-corrected chi connectivity index (χ1v) is 10.7. The first-order chi connectivity index (χ1) is 14.1. The van der Waals surface area contributed by atoms with Crippen LogP contribution in [0.25, 0.3) is 0 Å². The van der Waals surface area contributed by atoms with Crippen LogP contribution in [0, 0.1) is 0 Å². The van der Waals surface area contributed by atoms with Crippen molar-refractivity contribution in [1.82, 2.24) is 14.8 Å². The molecule has 1 atom stereocenters. The number of amides is 2. The van der Waals surface area contributed by atoms with Crippen LogP contribution >= 0.6 is 11.6 Å². The van der Waals surface area contributed by atoms with Gasteiger partial charge in [0.15, 0.2) is 0 Å². The van der Waals surface area contributed by atoms with Gasteiger partial charge in [-0.3, -0.25) is 9.59 Å². The van der Waals surface area contributed by atoms with Gasteiger partial charge in [-0.15, -0.1) is 0 Å². The largest absolute Gasteiger partial charge is 0.443 e. The summed E-state index contributed by atoms with van der Waals surface area (Å²) in [6.07, 6.45) is 7.61. The fourth-order valence-electron chi connectivity index (χ4n) is 4.14. The molecule has 1 aromatic heterocycles. The molecule has 0 N–H and O–H groups in total. The van der Waals surface area contributed by atoms with Crippen LogP contribution in [-0.4, -0.2) is 46.2 Å². The molecule has 0 radical (unpaired) electrons. The summed E-state index contributed by atoms with van der Waals surface area (Å²) in [5.41, 5.74) is 1.09. The van der Waals surface area contributed by atoms with E-state index in [0.29, 0.717) is 36.8 Å². The van der Waals surface area contributed by atoms with Crippen LogP contribution in [-0.2, 0) is 16.0 Å². The van der Waals surface area contributed by atoms with Gasteiger partial charge in [-0.05, 0) is 43.4 Å². The van der Waals surface area contributed by atoms with Gasteiger partial charge in [-0.25, -0.2) is 4.98 Å². The van der Waals surface area contributed by atoms with Gasteiger partial charge in [0.1, 0.15) is 11.8 Å². The maximum atomic E-state index is 12.9. The third-order valence-corrected chi connectivity index (χ3v) is 5.97. The number of carbonyl (C=O) groups is 2. The molecule has 0 aliphatic carbocycles. The minimum atomic E-state index is -0.149. The first-order valence-electron chi connectivity index (χ1n) is 10.4. The van der Waals surface area contributed by atoms with E-state index in [2.05, 4.69) is 4.98 Å². The molecule has 2 aliphatic heterocycles. The molecular formula is C22H26ClN3O3. The molecule has 7 heteroatoms. The second-order valence-electron chi connectivity index (χ2n) is 7.84. The second-order valence-corrected chi connectivity index (χ2v) is 8.28. The van der Waals surface area contributed by atoms with Gasteiger partial charge in [0, 0.05) is 31.0 Å². The van der Waals surface area contributed by atoms with E-state index in [-0.39, 0.29) is 24.4 Å². The van der Waals surface area contributed by atoms with Crippen molar-refractivity contribution < 1.29 is 14.0 Å². The Morgan fingerprint density at radius 1 is 1.14 bits per heavy atom. The average Bonchev–Trinajstić information content (AvgIpc) is 3.33. The number of nitrogens with zero attached hydrogens (tertiary/aromatic N) is 3. The Morgan fingerprint density at radius 2 is 1.97 bits per heavy atom. The number of hydrogen-bond donors (Lipinski definition) is 0. The summed E-state index contributed by atoms with van der Waals surface area (Å²) in [5.74, 6) is 1.43. The highest BCUT2D eigenvalue weighted by molar-refractivity contribution is 6.30. The number of halogens is 1. The third kappa shape index (κ3) is 4.81. The Kier molecular flexibility index (Phi) is 6.19. The number of hydrogen-bond acceptors (Lipinski definition) is 4. The van der Waals surface area contributed by atoms with Gasteiger partial charge in [-0.2, -0.15) is 0 Å². The summed E-state index contributed by atoms with van der Waals surface area (Å²) < 4.78 is 5.99. The quantitative estimate of drug-likeness (QED) is 0.740. The van der Waals surface area contributed by atoms with E-state index in [4.69, 9.17) is 16.0 Å². The molecule has 3 heterocycles. The standard InChI is InChI=1S/C22H26ClN3O3/c23-17-9-7-16(8-10-17)13-18-14-24-22(29-18)19-5-4-12-26(19)21(28)15-25-11-3-1-2-6-20(25)27/h7-10,14,19H,1-6,11-13,15H2/t19-/m0/s1. The van der Waals surface area contributed by atoms with E-state index >= 15 is 0 Å². The van der Waals surface area contributed by atoms with Crippen molar-refractivity contribution in [2.45, 2.75) is 51.0 Å². The summed E-state index contributed by atoms with van der Waals surface area (Å²) in [6, 6.07) is 7.50. The Morgan fingerprint density at radius 3 is 2.79 bits per heavy atom. The molecule has 2 amide bonds. The Hall–Kier alpha value is -2.34. The molecule has 2 aliphatic rings. The fourth-order valence-corrected chi connectivity index (χ4v) is 4.27. The summed E-state index contributed by atoms with van der Waals surface area (Å²) in [6.45, 7) is 1.52. The number of oxazole rings is 1. The maximum Gasteiger partial charge on any atom is 0.242 e. The predicted octanol–water partition coefficient (Wildman–Crippen LogP) is 3.98. The number of carbonyl (C=O) groups excluding carboxylic acids is 2. The van der Waals surface area contributed by atoms with Crippen molar-refractivity contribution >= 4 is 23.4 Å². The van der Waals surface area contributed by atoms with E-state index in [0.717, 1.165) is 43.4 Å². The van der Waals surface area contributed by atoms with Crippen molar-refractivity contribution in [2.24, 2.45) is 0 Å². The zero-order valence-corrected chi connectivity index (χ0v) is 17.2. The lowest BCUT2D eigenvalue weighted by Gasteiger charge is -2.26. The SMILES string of the molecule is O=C1CCCCCN1CC(=O)N1CCC[C@H]1c1ncc(Cc2ccc(Cl)cc2)o1. The van der Waals surface area contributed by atoms with Crippen molar-refractivity contribution in [3.05, 3.63) is 52.7 Å². The van der Waals surface area contributed by atoms with Crippen molar-refractivity contribution in [3.8, 4) is 0 Å². The monoisotopic (exact) mass is 415 g/mol. The van der Waals surface area contributed by atoms with Gasteiger partial charge >= 0.3 is 0 Å². The molecule has 0 unspecified atom stereocenters. The van der Waals surface area contributed by atoms with E-state index in [9.17, 15) is 9.59 Å². The second kappa shape index (κ2) is 8.99. The maximum absolute atomic E-state index is 12.9. The highest BCUT2D eigenvalue weighted by atomic mass is 35.5. The smallest absolute Gasteiger partial charge is 0.242 e. The summed E-state index contributed by atoms with van der Waals surface area (Å²) >= 11 is 5.94. The van der Waals surface area contributed by atoms with E-state index < -0.39 is 0 Å². The van der Waals surface area contributed by atoms with Gasteiger partial charge in [-0.1, -0.05) is 30.2 Å². The first kappa shape index (κ1) is 20.0. The minimum absolute atomic E-state index is 0.0137. The van der Waals surface area contributed by atoms with Crippen LogP contribution in [0.15, 0.2) is 34.9 Å². The molecule has 2 fully saturated rings. The fraction of sp³-hybridized carbons (Fsp3) is 0.500. The highest BCUT2D eigenvalue weighted by Crippen LogP contribution is 2.32. The van der Waals surface area contributed by atoms with Crippen LogP contribution in [0.4, 0.5) is 0 Å². The van der Waals surface area contributed by atoms with E-state index in [1.807, 2.05) is 29.2 Å². The molecule has 0 saturated carbocycles. The molecule has 1 aromatic carbocycles. The summed E-state index contributed by atoms with van der Waals surface area (Å²) in [7, 11) is 0. The van der Waals surface area contributed by atoms with Gasteiger partial charge in [0.25, 0.3) is 0 Å². The molecular weight excluding hydrogens is 390 g/mol. The predicted molar refractivity (Wildman–Crippen MR) is 109 cm³/mol. The van der Waals surface area contributed by atoms with Gasteiger partial charge < -0.3 is 14.2 Å². The summed E-state index contributed by atoms with van der Waals surface area (Å²) in [5, 5.41) is 0.704. The lowest BCUT2D eigenvalue weighted by atomic mass is 10.1. The van der Waals surface area contributed by atoms with E-state index in [1.54, 1.807) is 11.1 Å². The van der Waals surface area contributed by atoms with Crippen LogP contribution in [0.2, 0.25) is 5.02 Å². The number of likely N-dealkylation sites (tertiary alicyclic amines) is 2. The Bertz CT molecular complexity index is 864. The molecule has 0 spiro atoms. The molecule has 4 rings (SSSR count). The Balaban J connectivity index is 1.41. The van der Waals surface area contributed by atoms with Crippen LogP contribution in [0.5, 0.6) is 0 Å². The average molecular weight is 416 g/mol. The minimum Gasteiger partial charge on any atom is -0.443 e. The van der Waals surface area contributed by atoms with E-state index in [1.165, 1.54) is 0 Å². The lowest BCUT2D eigenvalue weighted by Crippen LogP contribution is -2.42. The van der Waals surface area contributed by atoms with Crippen LogP contribution in [0.3, 0.4) is 0 Å². The van der Waals surface area contributed by atoms with Crippen LogP contribution in [0.1, 0.15) is 61.8 Å². The number of rotatable bonds is 5. The van der Waals surface area contributed by atoms with Crippen LogP contribution < -0.4 is 0 Å². The zero-order chi connectivity index (χ0) is 20.2. The molecule has 6 nitrogen and oxygen atoms in total. The normalized spacial score (nSPS) is 20.2. The highest BCUT2D eigenvalue weighted by Gasteiger charge is 2.34. The summed E-state index contributed by atoms with van der Waals surface area (Å²) in [4.78, 5) is 33.2. The zero-order valence-electron chi connectivity index (χ0n) is 16.5. The molecule has 29 heavy (non-hydrogen) atoms. The van der Waals surface area contributed by atoms with Crippen molar-refractivity contribution in [2.75, 3.05) is 19.6 Å². The van der Waals surface area contributed by atoms with Crippen molar-refractivity contribution in [1.29, 1.82) is 0 Å². The topological polar surface area (TPSA) is 66.7 Å².